The Bertz CT molecular complexity index is 870. The van der Waals surface area contributed by atoms with Gasteiger partial charge in [0.2, 0.25) is 0 Å². The van der Waals surface area contributed by atoms with Crippen LogP contribution in [0.3, 0.4) is 0 Å². The number of rotatable bonds is 3. The molecule has 2 heterocycles. The van der Waals surface area contributed by atoms with Crippen LogP contribution in [0.5, 0.6) is 5.75 Å². The van der Waals surface area contributed by atoms with E-state index in [2.05, 4.69) is 20.2 Å². The molecule has 0 saturated heterocycles. The van der Waals surface area contributed by atoms with E-state index in [0.29, 0.717) is 16.9 Å². The van der Waals surface area contributed by atoms with Crippen LogP contribution in [0.25, 0.3) is 22.3 Å². The molecular formula is C16H15FN4O. The van der Waals surface area contributed by atoms with E-state index < -0.39 is 0 Å². The van der Waals surface area contributed by atoms with Gasteiger partial charge in [-0.1, -0.05) is 0 Å². The lowest BCUT2D eigenvalue weighted by molar-refractivity contribution is 0.191. The highest BCUT2D eigenvalue weighted by molar-refractivity contribution is 5.93. The predicted octanol–water partition coefficient (Wildman–Crippen LogP) is 3.40. The van der Waals surface area contributed by atoms with Crippen molar-refractivity contribution in [2.24, 2.45) is 0 Å². The third-order valence-corrected chi connectivity index (χ3v) is 3.97. The molecule has 22 heavy (non-hydrogen) atoms. The molecule has 3 aromatic rings. The fourth-order valence-electron chi connectivity index (χ4n) is 2.42. The predicted molar refractivity (Wildman–Crippen MR) is 80.1 cm³/mol. The molecule has 0 unspecified atom stereocenters. The minimum absolute atomic E-state index is 0.232. The number of aromatic amines is 1. The fourth-order valence-corrected chi connectivity index (χ4v) is 2.42. The van der Waals surface area contributed by atoms with Gasteiger partial charge in [0, 0.05) is 17.1 Å². The van der Waals surface area contributed by atoms with Gasteiger partial charge in [0.1, 0.15) is 17.6 Å². The number of hydrogen-bond donors (Lipinski definition) is 1. The molecular weight excluding hydrogens is 283 g/mol. The van der Waals surface area contributed by atoms with Crippen molar-refractivity contribution in [1.29, 1.82) is 0 Å². The zero-order valence-corrected chi connectivity index (χ0v) is 12.4. The molecule has 0 radical (unpaired) electrons. The summed E-state index contributed by atoms with van der Waals surface area (Å²) in [6, 6.07) is 4.97. The summed E-state index contributed by atoms with van der Waals surface area (Å²) in [6.45, 7) is 3.88. The Morgan fingerprint density at radius 3 is 2.77 bits per heavy atom. The summed E-state index contributed by atoms with van der Waals surface area (Å²) < 4.78 is 19.9. The molecule has 1 aliphatic carbocycles. The van der Waals surface area contributed by atoms with Gasteiger partial charge in [-0.25, -0.2) is 14.4 Å². The fraction of sp³-hybridized carbons (Fsp3) is 0.312. The van der Waals surface area contributed by atoms with Crippen LogP contribution in [0, 0.1) is 12.7 Å². The molecule has 112 valence electrons. The van der Waals surface area contributed by atoms with E-state index in [1.54, 1.807) is 6.07 Å². The Hall–Kier alpha value is -2.50. The molecule has 1 saturated carbocycles. The monoisotopic (exact) mass is 298 g/mol. The van der Waals surface area contributed by atoms with Gasteiger partial charge >= 0.3 is 0 Å². The summed E-state index contributed by atoms with van der Waals surface area (Å²) in [5.74, 6) is -0.115. The van der Waals surface area contributed by atoms with Crippen molar-refractivity contribution < 1.29 is 9.13 Å². The molecule has 4 rings (SSSR count). The third-order valence-electron chi connectivity index (χ3n) is 3.97. The summed E-state index contributed by atoms with van der Waals surface area (Å²) in [7, 11) is 0. The SMILES string of the molecule is Cc1cc(-c2n[nH]c3cc(F)c(OC4(C)CC4)cc23)ncn1. The quantitative estimate of drug-likeness (QED) is 0.805. The lowest BCUT2D eigenvalue weighted by Gasteiger charge is -2.13. The van der Waals surface area contributed by atoms with E-state index in [1.165, 1.54) is 12.4 Å². The van der Waals surface area contributed by atoms with Gasteiger partial charge in [-0.3, -0.25) is 5.10 Å². The molecule has 1 fully saturated rings. The summed E-state index contributed by atoms with van der Waals surface area (Å²) in [5, 5.41) is 7.90. The molecule has 1 aliphatic rings. The topological polar surface area (TPSA) is 63.7 Å². The number of nitrogens with one attached hydrogen (secondary N) is 1. The van der Waals surface area contributed by atoms with Gasteiger partial charge in [-0.05, 0) is 38.8 Å². The Morgan fingerprint density at radius 2 is 2.05 bits per heavy atom. The second kappa shape index (κ2) is 4.50. The number of fused-ring (bicyclic) bond motifs is 1. The van der Waals surface area contributed by atoms with E-state index >= 15 is 0 Å². The maximum atomic E-state index is 14.2. The molecule has 6 heteroatoms. The molecule has 0 amide bonds. The molecule has 0 spiro atoms. The Labute approximate surface area is 126 Å². The van der Waals surface area contributed by atoms with E-state index in [4.69, 9.17) is 4.74 Å². The van der Waals surface area contributed by atoms with Crippen molar-refractivity contribution in [1.82, 2.24) is 20.2 Å². The summed E-state index contributed by atoms with van der Waals surface area (Å²) in [5.41, 5.74) is 2.62. The second-order valence-corrected chi connectivity index (χ2v) is 6.00. The molecule has 0 aliphatic heterocycles. The van der Waals surface area contributed by atoms with Gasteiger partial charge in [0.05, 0.1) is 11.2 Å². The zero-order valence-electron chi connectivity index (χ0n) is 12.4. The average Bonchev–Trinajstić information content (AvgIpc) is 3.06. The summed E-state index contributed by atoms with van der Waals surface area (Å²) >= 11 is 0. The minimum Gasteiger partial charge on any atom is -0.484 e. The molecule has 0 atom stereocenters. The maximum absolute atomic E-state index is 14.2. The number of H-pyrrole nitrogens is 1. The first-order chi connectivity index (χ1) is 10.5. The van der Waals surface area contributed by atoms with Crippen molar-refractivity contribution in [2.45, 2.75) is 32.3 Å². The van der Waals surface area contributed by atoms with E-state index in [0.717, 1.165) is 23.9 Å². The zero-order chi connectivity index (χ0) is 15.3. The second-order valence-electron chi connectivity index (χ2n) is 6.00. The van der Waals surface area contributed by atoms with Gasteiger partial charge in [0.15, 0.2) is 11.6 Å². The standard InChI is InChI=1S/C16H15FN4O/c1-9-5-13(19-8-18-9)15-10-6-14(22-16(2)3-4-16)11(17)7-12(10)20-21-15/h5-8H,3-4H2,1-2H3,(H,20,21). The van der Waals surface area contributed by atoms with Crippen LogP contribution in [0.4, 0.5) is 4.39 Å². The first-order valence-corrected chi connectivity index (χ1v) is 7.20. The van der Waals surface area contributed by atoms with E-state index in [9.17, 15) is 4.39 Å². The van der Waals surface area contributed by atoms with Crippen molar-refractivity contribution in [3.05, 3.63) is 36.0 Å². The Morgan fingerprint density at radius 1 is 1.23 bits per heavy atom. The molecule has 1 N–H and O–H groups in total. The number of benzene rings is 1. The molecule has 5 nitrogen and oxygen atoms in total. The number of halogens is 1. The number of ether oxygens (including phenoxy) is 1. The smallest absolute Gasteiger partial charge is 0.167 e. The Balaban J connectivity index is 1.84. The van der Waals surface area contributed by atoms with Crippen molar-refractivity contribution in [3.8, 4) is 17.1 Å². The molecule has 1 aromatic carbocycles. The normalized spacial score (nSPS) is 16.0. The van der Waals surface area contributed by atoms with Crippen LogP contribution in [-0.2, 0) is 0 Å². The molecule has 2 aromatic heterocycles. The number of nitrogens with zero attached hydrogens (tertiary/aromatic N) is 3. The van der Waals surface area contributed by atoms with Crippen LogP contribution in [0.1, 0.15) is 25.5 Å². The summed E-state index contributed by atoms with van der Waals surface area (Å²) in [4.78, 5) is 8.33. The van der Waals surface area contributed by atoms with Gasteiger partial charge in [-0.2, -0.15) is 5.10 Å². The Kier molecular flexibility index (Phi) is 2.69. The highest BCUT2D eigenvalue weighted by Crippen LogP contribution is 2.41. The van der Waals surface area contributed by atoms with Crippen LogP contribution < -0.4 is 4.74 Å². The van der Waals surface area contributed by atoms with Crippen LogP contribution >= 0.6 is 0 Å². The van der Waals surface area contributed by atoms with Gasteiger partial charge < -0.3 is 4.74 Å². The van der Waals surface area contributed by atoms with Crippen molar-refractivity contribution >= 4 is 10.9 Å². The minimum atomic E-state index is -0.380. The lowest BCUT2D eigenvalue weighted by Crippen LogP contribution is -2.13. The number of aromatic nitrogens is 4. The van der Waals surface area contributed by atoms with Gasteiger partial charge in [-0.15, -0.1) is 0 Å². The maximum Gasteiger partial charge on any atom is 0.167 e. The first-order valence-electron chi connectivity index (χ1n) is 7.20. The summed E-state index contributed by atoms with van der Waals surface area (Å²) in [6.07, 6.45) is 3.40. The van der Waals surface area contributed by atoms with Crippen molar-refractivity contribution in [3.63, 3.8) is 0 Å². The largest absolute Gasteiger partial charge is 0.484 e. The first kappa shape index (κ1) is 13.2. The average molecular weight is 298 g/mol. The van der Waals surface area contributed by atoms with Crippen LogP contribution in [0.2, 0.25) is 0 Å². The van der Waals surface area contributed by atoms with E-state index in [-0.39, 0.29) is 17.2 Å². The van der Waals surface area contributed by atoms with E-state index in [1.807, 2.05) is 19.9 Å². The molecule has 0 bridgehead atoms. The third kappa shape index (κ3) is 2.20. The lowest BCUT2D eigenvalue weighted by atomic mass is 10.1. The highest BCUT2D eigenvalue weighted by Gasteiger charge is 2.40. The highest BCUT2D eigenvalue weighted by atomic mass is 19.1. The van der Waals surface area contributed by atoms with Crippen LogP contribution in [0.15, 0.2) is 24.5 Å². The van der Waals surface area contributed by atoms with Crippen LogP contribution in [-0.4, -0.2) is 25.8 Å². The number of aryl methyl sites for hydroxylation is 1. The van der Waals surface area contributed by atoms with Crippen molar-refractivity contribution in [2.75, 3.05) is 0 Å². The van der Waals surface area contributed by atoms with Gasteiger partial charge in [0.25, 0.3) is 0 Å². The number of hydrogen-bond acceptors (Lipinski definition) is 4.